The van der Waals surface area contributed by atoms with Crippen LogP contribution in [-0.4, -0.2) is 91.9 Å². The standard InChI is InChI=1S/C25H48N2O11P2S.C3H8.C2H6/c1-25(2,3)38-40(34,35)37-19-20(18-28)11-6-7-13-26-22(29)12-10-14-27-23(30)17-21(24(27)31)41-16-9-5-4-8-15-36-39(32)33;1-3-2;1-2/h20-21,28,32-33H,4-19H2,1-3H3,(H,26,29)(H,34,35);3H2,1-2H3;1-2H3. The van der Waals surface area contributed by atoms with Crippen LogP contribution in [0.5, 0.6) is 0 Å². The van der Waals surface area contributed by atoms with Crippen molar-refractivity contribution in [2.45, 2.75) is 130 Å². The molecule has 1 saturated heterocycles. The third kappa shape index (κ3) is 26.3. The molecule has 3 amide bonds. The third-order valence-electron chi connectivity index (χ3n) is 6.03. The predicted octanol–water partition coefficient (Wildman–Crippen LogP) is 5.69. The Hall–Kier alpha value is -0.660. The smallest absolute Gasteiger partial charge is 0.396 e. The molecule has 1 aliphatic heterocycles. The number of rotatable bonds is 23. The molecule has 0 saturated carbocycles. The van der Waals surface area contributed by atoms with Gasteiger partial charge in [0.2, 0.25) is 17.7 Å². The molecule has 3 unspecified atom stereocenters. The minimum atomic E-state index is -4.21. The van der Waals surface area contributed by atoms with Gasteiger partial charge in [-0.2, -0.15) is 0 Å². The number of nitrogens with zero attached hydrogens (tertiary/aromatic N) is 1. The Morgan fingerprint density at radius 3 is 2.30 bits per heavy atom. The highest BCUT2D eigenvalue weighted by Gasteiger charge is 2.38. The second-order valence-electron chi connectivity index (χ2n) is 11.6. The first-order valence-electron chi connectivity index (χ1n) is 16.5. The van der Waals surface area contributed by atoms with Gasteiger partial charge in [0, 0.05) is 38.5 Å². The molecule has 0 aromatic carbocycles. The van der Waals surface area contributed by atoms with E-state index in [2.05, 4.69) is 19.2 Å². The number of imide groups is 1. The summed E-state index contributed by atoms with van der Waals surface area (Å²) in [7, 11) is -6.51. The maximum atomic E-state index is 12.6. The maximum absolute atomic E-state index is 12.6. The quantitative estimate of drug-likeness (QED) is 0.0493. The molecule has 13 nitrogen and oxygen atoms in total. The first-order valence-corrected chi connectivity index (χ1v) is 20.2. The fourth-order valence-electron chi connectivity index (χ4n) is 4.02. The molecular weight excluding hydrogens is 658 g/mol. The summed E-state index contributed by atoms with van der Waals surface area (Å²) in [5.41, 5.74) is -0.842. The number of thioether (sulfide) groups is 1. The van der Waals surface area contributed by atoms with Crippen LogP contribution in [0.2, 0.25) is 0 Å². The van der Waals surface area contributed by atoms with Gasteiger partial charge in [-0.3, -0.25) is 28.3 Å². The van der Waals surface area contributed by atoms with Crippen molar-refractivity contribution < 1.29 is 52.3 Å². The van der Waals surface area contributed by atoms with Gasteiger partial charge < -0.3 is 29.6 Å². The van der Waals surface area contributed by atoms with Gasteiger partial charge in [-0.15, -0.1) is 11.8 Å². The first-order chi connectivity index (χ1) is 21.7. The van der Waals surface area contributed by atoms with E-state index in [1.165, 1.54) is 23.1 Å². The van der Waals surface area contributed by atoms with E-state index < -0.39 is 22.0 Å². The van der Waals surface area contributed by atoms with Crippen molar-refractivity contribution in [1.82, 2.24) is 10.2 Å². The van der Waals surface area contributed by atoms with Gasteiger partial charge in [-0.25, -0.2) is 4.57 Å². The summed E-state index contributed by atoms with van der Waals surface area (Å²) in [5, 5.41) is 11.9. The molecule has 3 atom stereocenters. The van der Waals surface area contributed by atoms with Crippen LogP contribution in [0.25, 0.3) is 0 Å². The number of aliphatic hydroxyl groups excluding tert-OH is 1. The molecule has 274 valence electrons. The molecule has 0 aliphatic carbocycles. The first kappa shape index (κ1) is 47.5. The van der Waals surface area contributed by atoms with E-state index in [4.69, 9.17) is 23.4 Å². The van der Waals surface area contributed by atoms with Crippen LogP contribution in [-0.2, 0) is 32.5 Å². The van der Waals surface area contributed by atoms with Crippen LogP contribution >= 0.6 is 28.2 Å². The van der Waals surface area contributed by atoms with E-state index in [0.717, 1.165) is 31.4 Å². The van der Waals surface area contributed by atoms with Gasteiger partial charge in [0.05, 0.1) is 24.1 Å². The number of hydrogen-bond donors (Lipinski definition) is 5. The number of carbonyl (C=O) groups is 3. The van der Waals surface area contributed by atoms with Crippen LogP contribution in [0.3, 0.4) is 0 Å². The van der Waals surface area contributed by atoms with Crippen LogP contribution in [0.4, 0.5) is 0 Å². The number of nitrogens with one attached hydrogen (secondary N) is 1. The fraction of sp³-hybridized carbons (Fsp3) is 0.900. The summed E-state index contributed by atoms with van der Waals surface area (Å²) in [5.74, 6) is -0.149. The monoisotopic (exact) mass is 720 g/mol. The zero-order chi connectivity index (χ0) is 35.6. The largest absolute Gasteiger partial charge is 0.472 e. The molecule has 0 aromatic rings. The van der Waals surface area contributed by atoms with Crippen molar-refractivity contribution in [3.63, 3.8) is 0 Å². The van der Waals surface area contributed by atoms with Crippen molar-refractivity contribution in [2.75, 3.05) is 38.7 Å². The lowest BCUT2D eigenvalue weighted by atomic mass is 10.0. The van der Waals surface area contributed by atoms with Crippen LogP contribution in [0.15, 0.2) is 0 Å². The van der Waals surface area contributed by atoms with Gasteiger partial charge in [-0.1, -0.05) is 53.4 Å². The molecule has 1 heterocycles. The van der Waals surface area contributed by atoms with Gasteiger partial charge in [0.1, 0.15) is 0 Å². The minimum absolute atomic E-state index is 0.116. The van der Waals surface area contributed by atoms with Crippen LogP contribution in [0.1, 0.15) is 119 Å². The molecular formula is C30H62N2O11P2S. The zero-order valence-electron chi connectivity index (χ0n) is 29.1. The van der Waals surface area contributed by atoms with Gasteiger partial charge in [-0.05, 0) is 58.6 Å². The van der Waals surface area contributed by atoms with Crippen LogP contribution in [0, 0.1) is 5.92 Å². The Morgan fingerprint density at radius 2 is 1.72 bits per heavy atom. The molecule has 1 rings (SSSR count). The van der Waals surface area contributed by atoms with Gasteiger partial charge >= 0.3 is 16.4 Å². The van der Waals surface area contributed by atoms with Crippen molar-refractivity contribution in [3.8, 4) is 0 Å². The highest BCUT2D eigenvalue weighted by molar-refractivity contribution is 8.00. The lowest BCUT2D eigenvalue weighted by Gasteiger charge is -2.24. The van der Waals surface area contributed by atoms with E-state index in [0.29, 0.717) is 38.8 Å². The molecule has 0 aromatic heterocycles. The SMILES string of the molecule is CC.CC(C)(C)OP(=O)(O)OCC(CO)CCCCNC(=O)CCCN1C(=O)CC(SCCCCCCOP(O)O)C1=O.CCC. The average Bonchev–Trinajstić information content (AvgIpc) is 3.23. The number of aliphatic hydroxyl groups is 1. The summed E-state index contributed by atoms with van der Waals surface area (Å²) in [6.07, 6.45) is 7.31. The van der Waals surface area contributed by atoms with Gasteiger partial charge in [0.15, 0.2) is 0 Å². The number of carbonyl (C=O) groups excluding carboxylic acids is 3. The number of amides is 3. The topological polar surface area (TPSA) is 192 Å². The number of likely N-dealkylation sites (tertiary alicyclic amines) is 1. The van der Waals surface area contributed by atoms with Crippen LogP contribution < -0.4 is 5.32 Å². The second kappa shape index (κ2) is 28.2. The van der Waals surface area contributed by atoms with E-state index >= 15 is 0 Å². The molecule has 16 heteroatoms. The summed E-state index contributed by atoms with van der Waals surface area (Å²) < 4.78 is 26.7. The van der Waals surface area contributed by atoms with Crippen molar-refractivity contribution >= 4 is 45.9 Å². The Labute approximate surface area is 282 Å². The molecule has 46 heavy (non-hydrogen) atoms. The maximum Gasteiger partial charge on any atom is 0.472 e. The van der Waals surface area contributed by atoms with E-state index in [9.17, 15) is 28.9 Å². The zero-order valence-corrected chi connectivity index (χ0v) is 31.7. The number of hydrogen-bond acceptors (Lipinski definition) is 11. The molecule has 5 N–H and O–H groups in total. The van der Waals surface area contributed by atoms with Crippen molar-refractivity contribution in [2.24, 2.45) is 5.92 Å². The van der Waals surface area contributed by atoms with Crippen molar-refractivity contribution in [1.29, 1.82) is 0 Å². The lowest BCUT2D eigenvalue weighted by molar-refractivity contribution is -0.138. The van der Waals surface area contributed by atoms with E-state index in [1.807, 2.05) is 13.8 Å². The fourth-order valence-corrected chi connectivity index (χ4v) is 6.64. The molecule has 0 spiro atoms. The minimum Gasteiger partial charge on any atom is -0.396 e. The average molecular weight is 721 g/mol. The summed E-state index contributed by atoms with van der Waals surface area (Å²) in [6, 6.07) is 0. The molecule has 0 bridgehead atoms. The Bertz CT molecular complexity index is 863. The molecule has 1 aliphatic rings. The second-order valence-corrected chi connectivity index (χ2v) is 15.1. The number of unbranched alkanes of at least 4 members (excludes halogenated alkanes) is 4. The predicted molar refractivity (Wildman–Crippen MR) is 184 cm³/mol. The Morgan fingerprint density at radius 1 is 1.09 bits per heavy atom. The molecule has 0 radical (unpaired) electrons. The Balaban J connectivity index is 0. The summed E-state index contributed by atoms with van der Waals surface area (Å²) >= 11 is 1.48. The highest BCUT2D eigenvalue weighted by Crippen LogP contribution is 2.47. The highest BCUT2D eigenvalue weighted by atomic mass is 32.2. The number of phosphoric acid groups is 1. The summed E-state index contributed by atoms with van der Waals surface area (Å²) in [6.45, 7) is 13.8. The third-order valence-corrected chi connectivity index (χ3v) is 9.00. The summed E-state index contributed by atoms with van der Waals surface area (Å²) in [4.78, 5) is 65.4. The van der Waals surface area contributed by atoms with Gasteiger partial charge in [0.25, 0.3) is 0 Å². The van der Waals surface area contributed by atoms with E-state index in [-0.39, 0.29) is 61.5 Å². The normalized spacial score (nSPS) is 16.8. The number of phosphoric ester groups is 1. The Kier molecular flexibility index (Phi) is 29.1. The molecule has 1 fully saturated rings. The lowest BCUT2D eigenvalue weighted by Crippen LogP contribution is -2.33. The van der Waals surface area contributed by atoms with Crippen molar-refractivity contribution in [3.05, 3.63) is 0 Å². The van der Waals surface area contributed by atoms with E-state index in [1.54, 1.807) is 20.8 Å².